The fourth-order valence-electron chi connectivity index (χ4n) is 2.34. The van der Waals surface area contributed by atoms with Crippen LogP contribution in [0.2, 0.25) is 0 Å². The van der Waals surface area contributed by atoms with Crippen molar-refractivity contribution in [2.45, 2.75) is 38.9 Å². The van der Waals surface area contributed by atoms with E-state index in [1.54, 1.807) is 23.3 Å². The van der Waals surface area contributed by atoms with E-state index in [1.165, 1.54) is 0 Å². The maximum absolute atomic E-state index is 12.7. The van der Waals surface area contributed by atoms with E-state index < -0.39 is 0 Å². The number of aromatic nitrogens is 3. The zero-order valence-corrected chi connectivity index (χ0v) is 12.1. The molecule has 2 aromatic rings. The summed E-state index contributed by atoms with van der Waals surface area (Å²) in [6.45, 7) is 3.24. The first-order chi connectivity index (χ1) is 10.2. The second-order valence-corrected chi connectivity index (χ2v) is 5.31. The van der Waals surface area contributed by atoms with Crippen molar-refractivity contribution in [1.29, 1.82) is 0 Å². The number of anilines is 1. The molecule has 6 heteroatoms. The van der Waals surface area contributed by atoms with Gasteiger partial charge in [0.05, 0.1) is 5.69 Å². The van der Waals surface area contributed by atoms with E-state index in [4.69, 9.17) is 5.73 Å². The van der Waals surface area contributed by atoms with Gasteiger partial charge in [0, 0.05) is 37.7 Å². The minimum Gasteiger partial charge on any atom is -0.396 e. The van der Waals surface area contributed by atoms with Crippen molar-refractivity contribution in [2.75, 3.05) is 5.73 Å². The summed E-state index contributed by atoms with van der Waals surface area (Å²) in [6, 6.07) is 4.16. The third kappa shape index (κ3) is 2.89. The van der Waals surface area contributed by atoms with Gasteiger partial charge < -0.3 is 10.6 Å². The summed E-state index contributed by atoms with van der Waals surface area (Å²) in [7, 11) is 0. The Morgan fingerprint density at radius 3 is 2.71 bits per heavy atom. The van der Waals surface area contributed by atoms with Crippen LogP contribution in [0.1, 0.15) is 35.8 Å². The normalized spacial score (nSPS) is 14.1. The highest BCUT2D eigenvalue weighted by Crippen LogP contribution is 2.30. The summed E-state index contributed by atoms with van der Waals surface area (Å²) in [5.41, 5.74) is 7.80. The highest BCUT2D eigenvalue weighted by atomic mass is 16.2. The van der Waals surface area contributed by atoms with Gasteiger partial charge in [-0.2, -0.15) is 5.10 Å². The maximum atomic E-state index is 12.7. The summed E-state index contributed by atoms with van der Waals surface area (Å²) in [6.07, 6.45) is 7.29. The van der Waals surface area contributed by atoms with Gasteiger partial charge in [0.2, 0.25) is 0 Å². The molecule has 0 spiro atoms. The second-order valence-electron chi connectivity index (χ2n) is 5.31. The molecule has 6 nitrogen and oxygen atoms in total. The molecule has 0 bridgehead atoms. The van der Waals surface area contributed by atoms with E-state index in [9.17, 15) is 4.79 Å². The minimum atomic E-state index is -0.0842. The van der Waals surface area contributed by atoms with Crippen LogP contribution in [0.4, 0.5) is 5.69 Å². The Kier molecular flexibility index (Phi) is 3.60. The number of rotatable bonds is 5. The first-order valence-corrected chi connectivity index (χ1v) is 7.22. The topological polar surface area (TPSA) is 77.0 Å². The molecule has 110 valence electrons. The van der Waals surface area contributed by atoms with Crippen LogP contribution in [0.3, 0.4) is 0 Å². The van der Waals surface area contributed by atoms with E-state index in [-0.39, 0.29) is 5.91 Å². The van der Waals surface area contributed by atoms with E-state index in [2.05, 4.69) is 10.1 Å². The van der Waals surface area contributed by atoms with Crippen molar-refractivity contribution in [3.05, 3.63) is 42.0 Å². The molecule has 1 amide bonds. The van der Waals surface area contributed by atoms with Crippen molar-refractivity contribution in [3.8, 4) is 0 Å². The Morgan fingerprint density at radius 1 is 1.43 bits per heavy atom. The Labute approximate surface area is 123 Å². The first-order valence-electron chi connectivity index (χ1n) is 7.22. The number of nitrogens with zero attached hydrogens (tertiary/aromatic N) is 4. The number of hydrogen-bond acceptors (Lipinski definition) is 4. The van der Waals surface area contributed by atoms with Crippen molar-refractivity contribution in [3.63, 3.8) is 0 Å². The van der Waals surface area contributed by atoms with E-state index in [0.29, 0.717) is 30.5 Å². The molecule has 1 aliphatic carbocycles. The number of carbonyl (C=O) groups excluding carboxylic acids is 1. The van der Waals surface area contributed by atoms with Crippen LogP contribution in [-0.2, 0) is 13.1 Å². The predicted octanol–water partition coefficient (Wildman–Crippen LogP) is 1.68. The lowest BCUT2D eigenvalue weighted by Crippen LogP contribution is -2.33. The van der Waals surface area contributed by atoms with E-state index >= 15 is 0 Å². The molecule has 21 heavy (non-hydrogen) atoms. The molecule has 0 radical (unpaired) electrons. The standard InChI is InChI=1S/C15H19N5O/c1-2-19-10-13(16)14(18-19)15(21)20(12-3-4-12)9-11-5-7-17-8-6-11/h5-8,10,12H,2-4,9,16H2,1H3. The van der Waals surface area contributed by atoms with Crippen LogP contribution in [0.5, 0.6) is 0 Å². The number of pyridine rings is 1. The Balaban J connectivity index is 1.83. The summed E-state index contributed by atoms with van der Waals surface area (Å²) >= 11 is 0. The van der Waals surface area contributed by atoms with Crippen LogP contribution in [0.15, 0.2) is 30.7 Å². The summed E-state index contributed by atoms with van der Waals surface area (Å²) < 4.78 is 1.69. The van der Waals surface area contributed by atoms with Crippen molar-refractivity contribution in [1.82, 2.24) is 19.7 Å². The van der Waals surface area contributed by atoms with Crippen molar-refractivity contribution in [2.24, 2.45) is 0 Å². The molecule has 0 aliphatic heterocycles. The van der Waals surface area contributed by atoms with E-state index in [0.717, 1.165) is 18.4 Å². The number of nitrogen functional groups attached to an aromatic ring is 1. The smallest absolute Gasteiger partial charge is 0.277 e. The van der Waals surface area contributed by atoms with Gasteiger partial charge in [-0.15, -0.1) is 0 Å². The van der Waals surface area contributed by atoms with Crippen molar-refractivity contribution < 1.29 is 4.79 Å². The highest BCUT2D eigenvalue weighted by molar-refractivity contribution is 5.97. The predicted molar refractivity (Wildman–Crippen MR) is 79.4 cm³/mol. The van der Waals surface area contributed by atoms with Gasteiger partial charge in [0.1, 0.15) is 0 Å². The quantitative estimate of drug-likeness (QED) is 0.906. The lowest BCUT2D eigenvalue weighted by Gasteiger charge is -2.21. The molecule has 2 aromatic heterocycles. The largest absolute Gasteiger partial charge is 0.396 e. The molecular formula is C15H19N5O. The molecule has 2 N–H and O–H groups in total. The van der Waals surface area contributed by atoms with Gasteiger partial charge >= 0.3 is 0 Å². The molecule has 1 fully saturated rings. The zero-order chi connectivity index (χ0) is 14.8. The molecule has 0 atom stereocenters. The average Bonchev–Trinajstić information content (AvgIpc) is 3.27. The lowest BCUT2D eigenvalue weighted by molar-refractivity contribution is 0.0724. The van der Waals surface area contributed by atoms with E-state index in [1.807, 2.05) is 24.0 Å². The number of aryl methyl sites for hydroxylation is 1. The van der Waals surface area contributed by atoms with Crippen LogP contribution in [-0.4, -0.2) is 31.6 Å². The number of amides is 1. The van der Waals surface area contributed by atoms with Crippen molar-refractivity contribution >= 4 is 11.6 Å². The third-order valence-corrected chi connectivity index (χ3v) is 3.67. The van der Waals surface area contributed by atoms with Gasteiger partial charge in [-0.05, 0) is 37.5 Å². The number of hydrogen-bond donors (Lipinski definition) is 1. The third-order valence-electron chi connectivity index (χ3n) is 3.67. The Hall–Kier alpha value is -2.37. The van der Waals surface area contributed by atoms with Crippen LogP contribution in [0.25, 0.3) is 0 Å². The molecule has 1 saturated carbocycles. The van der Waals surface area contributed by atoms with Crippen LogP contribution < -0.4 is 5.73 Å². The highest BCUT2D eigenvalue weighted by Gasteiger charge is 2.34. The van der Waals surface area contributed by atoms with Crippen LogP contribution >= 0.6 is 0 Å². The maximum Gasteiger partial charge on any atom is 0.277 e. The molecule has 0 saturated heterocycles. The fraction of sp³-hybridized carbons (Fsp3) is 0.400. The fourth-order valence-corrected chi connectivity index (χ4v) is 2.34. The molecule has 0 unspecified atom stereocenters. The van der Waals surface area contributed by atoms with Gasteiger partial charge in [-0.1, -0.05) is 0 Å². The van der Waals surface area contributed by atoms with Gasteiger partial charge in [-0.3, -0.25) is 14.5 Å². The molecule has 0 aromatic carbocycles. The zero-order valence-electron chi connectivity index (χ0n) is 12.1. The molecule has 1 aliphatic rings. The summed E-state index contributed by atoms with van der Waals surface area (Å²) in [5.74, 6) is -0.0842. The van der Waals surface area contributed by atoms with Gasteiger partial charge in [0.25, 0.3) is 5.91 Å². The Bertz CT molecular complexity index is 633. The minimum absolute atomic E-state index is 0.0842. The Morgan fingerprint density at radius 2 is 2.14 bits per heavy atom. The van der Waals surface area contributed by atoms with Gasteiger partial charge in [-0.25, -0.2) is 0 Å². The van der Waals surface area contributed by atoms with Gasteiger partial charge in [0.15, 0.2) is 5.69 Å². The second kappa shape index (κ2) is 5.55. The summed E-state index contributed by atoms with van der Waals surface area (Å²) in [4.78, 5) is 18.6. The molecular weight excluding hydrogens is 266 g/mol. The first kappa shape index (κ1) is 13.6. The molecule has 3 rings (SSSR count). The summed E-state index contributed by atoms with van der Waals surface area (Å²) in [5, 5.41) is 4.29. The SMILES string of the molecule is CCn1cc(N)c(C(=O)N(Cc2ccncc2)C2CC2)n1. The lowest BCUT2D eigenvalue weighted by atomic mass is 10.2. The number of carbonyl (C=O) groups is 1. The van der Waals surface area contributed by atoms with Crippen LogP contribution in [0, 0.1) is 0 Å². The number of nitrogens with two attached hydrogens (primary N) is 1. The molecule has 2 heterocycles. The average molecular weight is 285 g/mol. The monoisotopic (exact) mass is 285 g/mol.